The standard InChI is InChI=1S/C6H12O3Si/c1-3-5(7)8-6(4-2)9-10/h3,6H,1,4H2,2,10H3. The molecule has 0 aliphatic carbocycles. The van der Waals surface area contributed by atoms with Crippen molar-refractivity contribution in [1.82, 2.24) is 0 Å². The van der Waals surface area contributed by atoms with Crippen molar-refractivity contribution < 1.29 is 14.0 Å². The summed E-state index contributed by atoms with van der Waals surface area (Å²) >= 11 is 0. The number of hydrogen-bond donors (Lipinski definition) is 0. The lowest BCUT2D eigenvalue weighted by molar-refractivity contribution is -0.157. The molecule has 0 aliphatic heterocycles. The molecule has 4 heteroatoms. The van der Waals surface area contributed by atoms with Crippen molar-refractivity contribution in [3.8, 4) is 0 Å². The molecule has 10 heavy (non-hydrogen) atoms. The number of rotatable bonds is 4. The fraction of sp³-hybridized carbons (Fsp3) is 0.500. The van der Waals surface area contributed by atoms with Gasteiger partial charge >= 0.3 is 5.97 Å². The SMILES string of the molecule is C=CC(=O)OC(CC)O[SiH3]. The summed E-state index contributed by atoms with van der Waals surface area (Å²) in [5.41, 5.74) is 0. The Kier molecular flexibility index (Phi) is 4.88. The van der Waals surface area contributed by atoms with Crippen LogP contribution in [0, 0.1) is 0 Å². The zero-order valence-electron chi connectivity index (χ0n) is 6.29. The van der Waals surface area contributed by atoms with Crippen molar-refractivity contribution in [1.29, 1.82) is 0 Å². The lowest BCUT2D eigenvalue weighted by Crippen LogP contribution is -2.17. The van der Waals surface area contributed by atoms with Crippen molar-refractivity contribution in [2.75, 3.05) is 0 Å². The Morgan fingerprint density at radius 3 is 2.80 bits per heavy atom. The van der Waals surface area contributed by atoms with Gasteiger partial charge in [0.15, 0.2) is 16.8 Å². The Balaban J connectivity index is 3.62. The molecule has 0 rings (SSSR count). The van der Waals surface area contributed by atoms with E-state index in [4.69, 9.17) is 9.16 Å². The molecule has 0 aromatic rings. The van der Waals surface area contributed by atoms with Crippen LogP contribution in [-0.2, 0) is 14.0 Å². The first-order chi connectivity index (χ1) is 4.74. The average molecular weight is 160 g/mol. The summed E-state index contributed by atoms with van der Waals surface area (Å²) < 4.78 is 9.67. The van der Waals surface area contributed by atoms with Gasteiger partial charge in [-0.15, -0.1) is 0 Å². The first kappa shape index (κ1) is 9.39. The van der Waals surface area contributed by atoms with Gasteiger partial charge in [-0.25, -0.2) is 4.79 Å². The van der Waals surface area contributed by atoms with Gasteiger partial charge in [-0.3, -0.25) is 0 Å². The van der Waals surface area contributed by atoms with Crippen LogP contribution in [0.2, 0.25) is 0 Å². The zero-order valence-corrected chi connectivity index (χ0v) is 8.29. The highest BCUT2D eigenvalue weighted by Gasteiger charge is 2.06. The predicted molar refractivity (Wildman–Crippen MR) is 41.4 cm³/mol. The van der Waals surface area contributed by atoms with E-state index in [1.165, 1.54) is 0 Å². The van der Waals surface area contributed by atoms with E-state index in [0.29, 0.717) is 16.9 Å². The number of ether oxygens (including phenoxy) is 1. The van der Waals surface area contributed by atoms with Crippen LogP contribution < -0.4 is 0 Å². The molecule has 1 atom stereocenters. The molecule has 3 nitrogen and oxygen atoms in total. The van der Waals surface area contributed by atoms with E-state index < -0.39 is 5.97 Å². The fourth-order valence-electron chi connectivity index (χ4n) is 0.476. The zero-order chi connectivity index (χ0) is 7.98. The van der Waals surface area contributed by atoms with Crippen LogP contribution in [0.4, 0.5) is 0 Å². The predicted octanol–water partition coefficient (Wildman–Crippen LogP) is -0.251. The monoisotopic (exact) mass is 160 g/mol. The second-order valence-electron chi connectivity index (χ2n) is 1.71. The van der Waals surface area contributed by atoms with E-state index in [-0.39, 0.29) is 6.29 Å². The molecule has 0 spiro atoms. The molecule has 0 aliphatic rings. The molecular formula is C6H12O3Si. The van der Waals surface area contributed by atoms with E-state index in [9.17, 15) is 4.79 Å². The van der Waals surface area contributed by atoms with Gasteiger partial charge in [-0.1, -0.05) is 13.5 Å². The Hall–Kier alpha value is -0.613. The maximum atomic E-state index is 10.5. The highest BCUT2D eigenvalue weighted by Crippen LogP contribution is 1.97. The first-order valence-electron chi connectivity index (χ1n) is 3.10. The van der Waals surface area contributed by atoms with E-state index in [2.05, 4.69) is 6.58 Å². The normalized spacial score (nSPS) is 12.5. The molecule has 0 amide bonds. The second-order valence-corrected chi connectivity index (χ2v) is 2.19. The van der Waals surface area contributed by atoms with Gasteiger partial charge in [0.05, 0.1) is 0 Å². The largest absolute Gasteiger partial charge is 0.434 e. The third kappa shape index (κ3) is 3.42. The minimum atomic E-state index is -0.428. The average Bonchev–Trinajstić information content (AvgIpc) is 1.99. The van der Waals surface area contributed by atoms with Gasteiger partial charge < -0.3 is 9.16 Å². The molecule has 58 valence electrons. The Labute approximate surface area is 63.6 Å². The number of hydrogen-bond acceptors (Lipinski definition) is 3. The van der Waals surface area contributed by atoms with Gasteiger partial charge in [-0.05, 0) is 0 Å². The van der Waals surface area contributed by atoms with Crippen LogP contribution in [0.5, 0.6) is 0 Å². The van der Waals surface area contributed by atoms with E-state index >= 15 is 0 Å². The minimum Gasteiger partial charge on any atom is -0.434 e. The van der Waals surface area contributed by atoms with Gasteiger partial charge in [-0.2, -0.15) is 0 Å². The molecule has 0 saturated carbocycles. The maximum absolute atomic E-state index is 10.5. The molecule has 0 bridgehead atoms. The summed E-state index contributed by atoms with van der Waals surface area (Å²) in [5, 5.41) is 0. The molecule has 0 radical (unpaired) electrons. The summed E-state index contributed by atoms with van der Waals surface area (Å²) in [7, 11) is 0.578. The van der Waals surface area contributed by atoms with Crippen molar-refractivity contribution in [2.24, 2.45) is 0 Å². The van der Waals surface area contributed by atoms with Crippen molar-refractivity contribution in [3.05, 3.63) is 12.7 Å². The summed E-state index contributed by atoms with van der Waals surface area (Å²) in [6.07, 6.45) is 1.43. The van der Waals surface area contributed by atoms with Crippen LogP contribution in [0.15, 0.2) is 12.7 Å². The summed E-state index contributed by atoms with van der Waals surface area (Å²) in [6.45, 7) is 5.15. The number of carbonyl (C=O) groups excluding carboxylic acids is 1. The highest BCUT2D eigenvalue weighted by atomic mass is 28.2. The summed E-state index contributed by atoms with van der Waals surface area (Å²) in [5.74, 6) is -0.428. The molecule has 0 saturated heterocycles. The first-order valence-corrected chi connectivity index (χ1v) is 3.92. The van der Waals surface area contributed by atoms with E-state index in [0.717, 1.165) is 6.08 Å². The van der Waals surface area contributed by atoms with Crippen LogP contribution in [0.3, 0.4) is 0 Å². The van der Waals surface area contributed by atoms with E-state index in [1.54, 1.807) is 0 Å². The third-order valence-corrected chi connectivity index (χ3v) is 1.54. The smallest absolute Gasteiger partial charge is 0.332 e. The Bertz CT molecular complexity index is 120. The molecule has 0 aromatic heterocycles. The minimum absolute atomic E-state index is 0.378. The fourth-order valence-corrected chi connectivity index (χ4v) is 0.905. The molecule has 0 N–H and O–H groups in total. The maximum Gasteiger partial charge on any atom is 0.332 e. The lowest BCUT2D eigenvalue weighted by Gasteiger charge is -2.12. The molecule has 0 aromatic carbocycles. The number of carbonyl (C=O) groups is 1. The molecule has 1 unspecified atom stereocenters. The quantitative estimate of drug-likeness (QED) is 0.246. The van der Waals surface area contributed by atoms with Crippen molar-refractivity contribution >= 4 is 16.5 Å². The van der Waals surface area contributed by atoms with Crippen LogP contribution in [-0.4, -0.2) is 22.7 Å². The van der Waals surface area contributed by atoms with Crippen molar-refractivity contribution in [3.63, 3.8) is 0 Å². The van der Waals surface area contributed by atoms with Crippen LogP contribution in [0.25, 0.3) is 0 Å². The van der Waals surface area contributed by atoms with Crippen molar-refractivity contribution in [2.45, 2.75) is 19.6 Å². The van der Waals surface area contributed by atoms with Gasteiger partial charge in [0, 0.05) is 12.5 Å². The Morgan fingerprint density at radius 2 is 2.50 bits per heavy atom. The molecular weight excluding hydrogens is 148 g/mol. The third-order valence-electron chi connectivity index (χ3n) is 1.01. The summed E-state index contributed by atoms with van der Waals surface area (Å²) in [6, 6.07) is 0. The Morgan fingerprint density at radius 1 is 1.90 bits per heavy atom. The highest BCUT2D eigenvalue weighted by molar-refractivity contribution is 5.98. The summed E-state index contributed by atoms with van der Waals surface area (Å²) in [4.78, 5) is 10.5. The second kappa shape index (κ2) is 5.19. The number of esters is 1. The van der Waals surface area contributed by atoms with Crippen LogP contribution in [0.1, 0.15) is 13.3 Å². The van der Waals surface area contributed by atoms with E-state index in [1.807, 2.05) is 6.92 Å². The molecule has 0 fully saturated rings. The lowest BCUT2D eigenvalue weighted by atomic mass is 10.5. The van der Waals surface area contributed by atoms with Crippen LogP contribution >= 0.6 is 0 Å². The van der Waals surface area contributed by atoms with Gasteiger partial charge in [0.1, 0.15) is 0 Å². The molecule has 0 heterocycles. The van der Waals surface area contributed by atoms with Gasteiger partial charge in [0.2, 0.25) is 0 Å². The topological polar surface area (TPSA) is 35.5 Å². The van der Waals surface area contributed by atoms with Gasteiger partial charge in [0.25, 0.3) is 0 Å².